The Morgan fingerprint density at radius 3 is 2.50 bits per heavy atom. The van der Waals surface area contributed by atoms with Crippen LogP contribution in [0.2, 0.25) is 0 Å². The fourth-order valence-corrected chi connectivity index (χ4v) is 4.78. The lowest BCUT2D eigenvalue weighted by Crippen LogP contribution is -2.38. The molecule has 0 bridgehead atoms. The lowest BCUT2D eigenvalue weighted by Gasteiger charge is -2.28. The molecule has 1 aromatic carbocycles. The minimum atomic E-state index is -3.56. The molecule has 3 rings (SSSR count). The van der Waals surface area contributed by atoms with Crippen LogP contribution in [0.15, 0.2) is 48.7 Å². The van der Waals surface area contributed by atoms with Crippen LogP contribution in [0.4, 0.5) is 5.69 Å². The van der Waals surface area contributed by atoms with E-state index in [1.807, 2.05) is 18.2 Å². The summed E-state index contributed by atoms with van der Waals surface area (Å²) in [6.45, 7) is 3.78. The molecule has 1 saturated heterocycles. The number of ether oxygens (including phenoxy) is 1. The molecule has 162 valence electrons. The van der Waals surface area contributed by atoms with Crippen molar-refractivity contribution in [1.29, 1.82) is 0 Å². The van der Waals surface area contributed by atoms with Crippen molar-refractivity contribution in [3.8, 4) is 0 Å². The van der Waals surface area contributed by atoms with Gasteiger partial charge in [0.1, 0.15) is 0 Å². The van der Waals surface area contributed by atoms with Gasteiger partial charge in [-0.3, -0.25) is 19.0 Å². The van der Waals surface area contributed by atoms with Crippen molar-refractivity contribution >= 4 is 21.5 Å². The van der Waals surface area contributed by atoms with Crippen LogP contribution in [-0.2, 0) is 21.3 Å². The van der Waals surface area contributed by atoms with Crippen LogP contribution < -0.4 is 10.0 Å². The van der Waals surface area contributed by atoms with E-state index >= 15 is 0 Å². The molecular formula is C21H28N4O4S. The predicted molar refractivity (Wildman–Crippen MR) is 116 cm³/mol. The lowest BCUT2D eigenvalue weighted by atomic mass is 10.2. The Balaban J connectivity index is 1.72. The van der Waals surface area contributed by atoms with Crippen LogP contribution in [-0.4, -0.2) is 69.2 Å². The number of nitrogens with two attached hydrogens (primary N) is 1. The summed E-state index contributed by atoms with van der Waals surface area (Å²) in [7, 11) is -3.56. The maximum Gasteiger partial charge on any atom is 0.235 e. The van der Waals surface area contributed by atoms with E-state index in [0.717, 1.165) is 19.6 Å². The zero-order chi connectivity index (χ0) is 21.4. The van der Waals surface area contributed by atoms with Crippen molar-refractivity contribution in [3.63, 3.8) is 0 Å². The number of nitrogens with zero attached hydrogens (tertiary/aromatic N) is 3. The summed E-state index contributed by atoms with van der Waals surface area (Å²) in [5.41, 5.74) is 6.95. The first-order valence-electron chi connectivity index (χ1n) is 10.0. The third-order valence-electron chi connectivity index (χ3n) is 5.00. The molecule has 8 nitrogen and oxygen atoms in total. The van der Waals surface area contributed by atoms with Crippen LogP contribution in [0.5, 0.6) is 0 Å². The van der Waals surface area contributed by atoms with E-state index < -0.39 is 10.0 Å². The summed E-state index contributed by atoms with van der Waals surface area (Å²) < 4.78 is 33.1. The molecule has 30 heavy (non-hydrogen) atoms. The average molecular weight is 433 g/mol. The van der Waals surface area contributed by atoms with Crippen molar-refractivity contribution in [1.82, 2.24) is 9.88 Å². The van der Waals surface area contributed by atoms with Gasteiger partial charge in [0, 0.05) is 24.8 Å². The molecule has 2 heterocycles. The predicted octanol–water partition coefficient (Wildman–Crippen LogP) is 1.28. The van der Waals surface area contributed by atoms with Gasteiger partial charge in [-0.25, -0.2) is 8.42 Å². The number of hydrogen-bond donors (Lipinski definition) is 1. The number of aromatic nitrogens is 1. The molecule has 0 unspecified atom stereocenters. The number of anilines is 1. The van der Waals surface area contributed by atoms with Crippen LogP contribution >= 0.6 is 0 Å². The first kappa shape index (κ1) is 22.4. The highest BCUT2D eigenvalue weighted by molar-refractivity contribution is 7.92. The number of benzene rings is 1. The number of pyridine rings is 1. The summed E-state index contributed by atoms with van der Waals surface area (Å²) in [6.07, 6.45) is 1.99. The van der Waals surface area contributed by atoms with Crippen molar-refractivity contribution in [2.45, 2.75) is 13.0 Å². The monoisotopic (exact) mass is 432 g/mol. The van der Waals surface area contributed by atoms with E-state index in [9.17, 15) is 13.2 Å². The number of para-hydroxylation sites is 1. The van der Waals surface area contributed by atoms with Gasteiger partial charge in [-0.05, 0) is 37.2 Å². The fraction of sp³-hybridized carbons (Fsp3) is 0.429. The number of ketones is 1. The smallest absolute Gasteiger partial charge is 0.235 e. The van der Waals surface area contributed by atoms with E-state index in [1.165, 1.54) is 10.5 Å². The second kappa shape index (κ2) is 10.6. The molecule has 2 N–H and O–H groups in total. The molecular weight excluding hydrogens is 404 g/mol. The molecule has 0 atom stereocenters. The van der Waals surface area contributed by atoms with E-state index in [4.69, 9.17) is 10.5 Å². The Hall–Kier alpha value is -2.33. The summed E-state index contributed by atoms with van der Waals surface area (Å²) in [5, 5.41) is 0. The zero-order valence-corrected chi connectivity index (χ0v) is 17.8. The van der Waals surface area contributed by atoms with Crippen molar-refractivity contribution in [2.24, 2.45) is 5.73 Å². The number of morpholine rings is 1. The molecule has 0 amide bonds. The summed E-state index contributed by atoms with van der Waals surface area (Å²) in [5.74, 6) is -0.159. The van der Waals surface area contributed by atoms with Gasteiger partial charge < -0.3 is 10.5 Å². The third kappa shape index (κ3) is 6.09. The van der Waals surface area contributed by atoms with E-state index in [2.05, 4.69) is 9.88 Å². The number of rotatable bonds is 10. The van der Waals surface area contributed by atoms with Crippen LogP contribution in [0, 0.1) is 0 Å². The molecule has 9 heteroatoms. The molecule has 1 fully saturated rings. The molecule has 0 saturated carbocycles. The lowest BCUT2D eigenvalue weighted by molar-refractivity contribution is 0.0381. The number of Topliss-reactive ketones (excluding diaryl/α,β-unsaturated/α-hetero) is 1. The Morgan fingerprint density at radius 2 is 1.87 bits per heavy atom. The standard InChI is InChI=1S/C21H28N4O4S/c22-15-21(26)18-7-8-19(23-16-18)17-25(20-5-2-1-3-6-20)30(27,28)14-4-9-24-10-12-29-13-11-24/h1-3,5-8,16H,4,9-15,17,22H2. The molecule has 1 aliphatic rings. The summed E-state index contributed by atoms with van der Waals surface area (Å²) >= 11 is 0. The SMILES string of the molecule is NCC(=O)c1ccc(CN(c2ccccc2)S(=O)(=O)CCCN2CCOCC2)nc1. The fourth-order valence-electron chi connectivity index (χ4n) is 3.30. The molecule has 0 spiro atoms. The Morgan fingerprint density at radius 1 is 1.13 bits per heavy atom. The van der Waals surface area contributed by atoms with Crippen LogP contribution in [0.1, 0.15) is 22.5 Å². The highest BCUT2D eigenvalue weighted by atomic mass is 32.2. The summed E-state index contributed by atoms with van der Waals surface area (Å²) in [6, 6.07) is 12.3. The van der Waals surface area contributed by atoms with Gasteiger partial charge in [0.25, 0.3) is 0 Å². The molecule has 1 aliphatic heterocycles. The van der Waals surface area contributed by atoms with E-state index in [1.54, 1.807) is 24.3 Å². The quantitative estimate of drug-likeness (QED) is 0.564. The number of hydrogen-bond acceptors (Lipinski definition) is 7. The van der Waals surface area contributed by atoms with E-state index in [0.29, 0.717) is 36.6 Å². The largest absolute Gasteiger partial charge is 0.379 e. The van der Waals surface area contributed by atoms with Gasteiger partial charge in [-0.15, -0.1) is 0 Å². The minimum Gasteiger partial charge on any atom is -0.379 e. The van der Waals surface area contributed by atoms with Crippen molar-refractivity contribution in [3.05, 3.63) is 59.9 Å². The third-order valence-corrected chi connectivity index (χ3v) is 6.81. The molecule has 2 aromatic rings. The first-order valence-corrected chi connectivity index (χ1v) is 11.6. The maximum atomic E-state index is 13.2. The first-order chi connectivity index (χ1) is 14.5. The van der Waals surface area contributed by atoms with E-state index in [-0.39, 0.29) is 24.6 Å². The van der Waals surface area contributed by atoms with Crippen LogP contribution in [0.3, 0.4) is 0 Å². The Bertz CT molecular complexity index is 914. The Labute approximate surface area is 177 Å². The van der Waals surface area contributed by atoms with Gasteiger partial charge in [0.15, 0.2) is 5.78 Å². The highest BCUT2D eigenvalue weighted by Gasteiger charge is 2.24. The number of carbonyl (C=O) groups is 1. The highest BCUT2D eigenvalue weighted by Crippen LogP contribution is 2.21. The second-order valence-electron chi connectivity index (χ2n) is 7.13. The molecule has 0 aliphatic carbocycles. The number of sulfonamides is 1. The van der Waals surface area contributed by atoms with Gasteiger partial charge >= 0.3 is 0 Å². The van der Waals surface area contributed by atoms with Gasteiger partial charge in [-0.2, -0.15) is 0 Å². The average Bonchev–Trinajstić information content (AvgIpc) is 2.78. The van der Waals surface area contributed by atoms with Gasteiger partial charge in [0.05, 0.1) is 43.4 Å². The van der Waals surface area contributed by atoms with Crippen molar-refractivity contribution in [2.75, 3.05) is 49.5 Å². The normalized spacial score (nSPS) is 15.1. The maximum absolute atomic E-state index is 13.2. The second-order valence-corrected chi connectivity index (χ2v) is 9.14. The van der Waals surface area contributed by atoms with Gasteiger partial charge in [0.2, 0.25) is 10.0 Å². The Kier molecular flexibility index (Phi) is 7.92. The van der Waals surface area contributed by atoms with Crippen LogP contribution in [0.25, 0.3) is 0 Å². The summed E-state index contributed by atoms with van der Waals surface area (Å²) in [4.78, 5) is 18.2. The topological polar surface area (TPSA) is 106 Å². The van der Waals surface area contributed by atoms with Gasteiger partial charge in [-0.1, -0.05) is 18.2 Å². The molecule has 1 aromatic heterocycles. The zero-order valence-electron chi connectivity index (χ0n) is 16.9. The van der Waals surface area contributed by atoms with Crippen molar-refractivity contribution < 1.29 is 17.9 Å². The molecule has 0 radical (unpaired) electrons. The minimum absolute atomic E-state index is 0.0446. The number of carbonyl (C=O) groups excluding carboxylic acids is 1.